The van der Waals surface area contributed by atoms with Gasteiger partial charge in [0.15, 0.2) is 5.69 Å². The normalized spacial score (nSPS) is 10.8. The van der Waals surface area contributed by atoms with Crippen molar-refractivity contribution in [3.8, 4) is 17.1 Å². The van der Waals surface area contributed by atoms with Gasteiger partial charge in [-0.15, -0.1) is 0 Å². The molecule has 0 saturated carbocycles. The highest BCUT2D eigenvalue weighted by Gasteiger charge is 2.36. The topological polar surface area (TPSA) is 238 Å². The number of anilines is 7. The number of hydrogen-bond donors (Lipinski definition) is 7. The third-order valence-electron chi connectivity index (χ3n) is 12.5. The second kappa shape index (κ2) is 26.9. The van der Waals surface area contributed by atoms with Crippen LogP contribution in [0.25, 0.3) is 21.9 Å². The van der Waals surface area contributed by atoms with E-state index in [2.05, 4.69) is 46.7 Å². The predicted molar refractivity (Wildman–Crippen MR) is 332 cm³/mol. The summed E-state index contributed by atoms with van der Waals surface area (Å²) in [6.45, 7) is 16.3. The Morgan fingerprint density at radius 1 is 0.465 bits per heavy atom. The fourth-order valence-corrected chi connectivity index (χ4v) is 8.91. The zero-order valence-corrected chi connectivity index (χ0v) is 48.6. The van der Waals surface area contributed by atoms with Gasteiger partial charge < -0.3 is 38.1 Å². The quantitative estimate of drug-likeness (QED) is 0.0481. The molecule has 3 heterocycles. The van der Waals surface area contributed by atoms with Gasteiger partial charge in [-0.2, -0.15) is 28.5 Å². The molecule has 24 heteroatoms. The Hall–Kier alpha value is -10.4. The number of benzene rings is 7. The van der Waals surface area contributed by atoms with Gasteiger partial charge in [0.1, 0.15) is 5.69 Å². The molecule has 3 aromatic heterocycles. The first-order chi connectivity index (χ1) is 40.9. The van der Waals surface area contributed by atoms with Gasteiger partial charge in [-0.05, 0) is 192 Å². The van der Waals surface area contributed by atoms with Crippen molar-refractivity contribution < 1.29 is 32.3 Å². The van der Waals surface area contributed by atoms with Crippen LogP contribution in [0.1, 0.15) is 65.2 Å². The van der Waals surface area contributed by atoms with Crippen molar-refractivity contribution in [2.45, 2.75) is 40.8 Å². The Labute approximate surface area is 506 Å². The molecule has 0 aliphatic rings. The lowest BCUT2D eigenvalue weighted by atomic mass is 10.2. The summed E-state index contributed by atoms with van der Waals surface area (Å²) in [5.74, 6) is -0.929. The molecule has 86 heavy (non-hydrogen) atoms. The summed E-state index contributed by atoms with van der Waals surface area (Å²) in [5.41, 5.74) is 21.2. The van der Waals surface area contributed by atoms with Crippen molar-refractivity contribution in [3.05, 3.63) is 247 Å². The van der Waals surface area contributed by atoms with E-state index in [1.807, 2.05) is 45.9 Å². The number of aromatic nitrogens is 6. The van der Waals surface area contributed by atoms with Gasteiger partial charge in [-0.3, -0.25) is 14.4 Å². The maximum atomic E-state index is 13.2. The van der Waals surface area contributed by atoms with E-state index in [9.17, 15) is 32.3 Å². The number of hydrogen-bond acceptors (Lipinski definition) is 9. The molecule has 0 radical (unpaired) electrons. The SMILES string of the molecule is Cc1cc(C(F)(F)F)n(-c2ccc(NC(=O)c3ccc(Cl)cc3)cc2N)n1.Cc1cc(C)n(-c2ccc(NC(=O)c3ccc(Cl)cc3)cc2N)n1.[C-]#[N+]c1cccc(NC(=O)Nc2cc(NC(=O)c3ccc(Cl)cc3)ccc2-n2nc(C)cc2C)c1. The van der Waals surface area contributed by atoms with Crippen LogP contribution in [0.3, 0.4) is 0 Å². The number of carbonyl (C=O) groups is 4. The monoisotopic (exact) mass is 1220 g/mol. The number of rotatable bonds is 11. The van der Waals surface area contributed by atoms with E-state index in [4.69, 9.17) is 52.8 Å². The summed E-state index contributed by atoms with van der Waals surface area (Å²) < 4.78 is 43.8. The molecule has 7 aromatic carbocycles. The number of aryl methyl sites for hydroxylation is 5. The lowest BCUT2D eigenvalue weighted by molar-refractivity contribution is -0.142. The highest BCUT2D eigenvalue weighted by molar-refractivity contribution is 6.31. The summed E-state index contributed by atoms with van der Waals surface area (Å²) >= 11 is 17.5. The number of nitrogens with one attached hydrogen (secondary N) is 5. The largest absolute Gasteiger partial charge is 0.433 e. The third-order valence-corrected chi connectivity index (χ3v) is 13.2. The number of carbonyl (C=O) groups excluding carboxylic acids is 4. The maximum absolute atomic E-state index is 13.2. The van der Waals surface area contributed by atoms with Gasteiger partial charge in [0, 0.05) is 65.9 Å². The molecular weight excluding hydrogens is 1170 g/mol. The maximum Gasteiger partial charge on any atom is 0.433 e. The van der Waals surface area contributed by atoms with Gasteiger partial charge in [-0.25, -0.2) is 23.7 Å². The average molecular weight is 1220 g/mol. The highest BCUT2D eigenvalue weighted by atomic mass is 35.5. The van der Waals surface area contributed by atoms with Crippen molar-refractivity contribution in [3.63, 3.8) is 0 Å². The van der Waals surface area contributed by atoms with Gasteiger partial charge in [0.25, 0.3) is 17.7 Å². The molecule has 0 fully saturated rings. The Balaban J connectivity index is 0.000000171. The van der Waals surface area contributed by atoms with Gasteiger partial charge in [-0.1, -0.05) is 46.9 Å². The van der Waals surface area contributed by atoms with Crippen LogP contribution in [0.4, 0.5) is 63.5 Å². The minimum Gasteiger partial charge on any atom is -0.397 e. The van der Waals surface area contributed by atoms with Crippen LogP contribution in [0.15, 0.2) is 170 Å². The van der Waals surface area contributed by atoms with E-state index in [1.54, 1.807) is 137 Å². The van der Waals surface area contributed by atoms with Crippen LogP contribution in [0.5, 0.6) is 0 Å². The zero-order valence-electron chi connectivity index (χ0n) is 46.4. The summed E-state index contributed by atoms with van der Waals surface area (Å²) in [6, 6.07) is 45.2. The second-order valence-corrected chi connectivity index (χ2v) is 20.5. The van der Waals surface area contributed by atoms with Crippen LogP contribution < -0.4 is 38.1 Å². The number of nitrogen functional groups attached to an aromatic ring is 2. The summed E-state index contributed by atoms with van der Waals surface area (Å²) in [6.07, 6.45) is -4.57. The first-order valence-electron chi connectivity index (χ1n) is 25.8. The molecule has 5 amide bonds. The van der Waals surface area contributed by atoms with Crippen LogP contribution in [0.2, 0.25) is 15.1 Å². The number of nitrogens with zero attached hydrogens (tertiary/aromatic N) is 7. The number of nitrogens with two attached hydrogens (primary N) is 2. The van der Waals surface area contributed by atoms with Crippen molar-refractivity contribution in [1.82, 2.24) is 29.3 Å². The van der Waals surface area contributed by atoms with Crippen molar-refractivity contribution >= 4 is 104 Å². The van der Waals surface area contributed by atoms with Crippen LogP contribution in [-0.2, 0) is 6.18 Å². The van der Waals surface area contributed by atoms with Crippen molar-refractivity contribution in [2.24, 2.45) is 0 Å². The van der Waals surface area contributed by atoms with Crippen molar-refractivity contribution in [2.75, 3.05) is 38.1 Å². The molecule has 0 unspecified atom stereocenters. The number of urea groups is 1. The van der Waals surface area contributed by atoms with E-state index in [0.29, 0.717) is 77.3 Å². The Kier molecular flexibility index (Phi) is 19.3. The molecule has 0 saturated heterocycles. The molecule has 0 aliphatic heterocycles. The van der Waals surface area contributed by atoms with E-state index in [-0.39, 0.29) is 28.9 Å². The number of alkyl halides is 3. The predicted octanol–water partition coefficient (Wildman–Crippen LogP) is 15.3. The molecule has 0 atom stereocenters. The van der Waals surface area contributed by atoms with Crippen molar-refractivity contribution in [1.29, 1.82) is 0 Å². The van der Waals surface area contributed by atoms with Gasteiger partial charge >= 0.3 is 12.2 Å². The molecule has 0 spiro atoms. The smallest absolute Gasteiger partial charge is 0.397 e. The number of halogens is 6. The lowest BCUT2D eigenvalue weighted by Crippen LogP contribution is -2.21. The van der Waals surface area contributed by atoms with Gasteiger partial charge in [0.05, 0.1) is 57.8 Å². The average Bonchev–Trinajstić information content (AvgIpc) is 4.01. The second-order valence-electron chi connectivity index (χ2n) is 19.2. The van der Waals surface area contributed by atoms with Gasteiger partial charge in [0.2, 0.25) is 0 Å². The molecule has 0 bridgehead atoms. The zero-order chi connectivity index (χ0) is 62.0. The van der Waals surface area contributed by atoms with E-state index in [0.717, 1.165) is 39.2 Å². The molecule has 18 nitrogen and oxygen atoms in total. The van der Waals surface area contributed by atoms with E-state index >= 15 is 0 Å². The lowest BCUT2D eigenvalue weighted by Gasteiger charge is -2.15. The Bertz CT molecular complexity index is 4200. The fourth-order valence-electron chi connectivity index (χ4n) is 8.53. The fraction of sp³-hybridized carbons (Fsp3) is 0.0968. The molecule has 0 aliphatic carbocycles. The molecule has 10 rings (SSSR count). The molecule has 9 N–H and O–H groups in total. The molecular formula is C62H52Cl3F3N14O4. The first kappa shape index (κ1) is 61.7. The minimum absolute atomic E-state index is 0.0394. The third kappa shape index (κ3) is 15.8. The van der Waals surface area contributed by atoms with E-state index in [1.165, 1.54) is 25.1 Å². The minimum atomic E-state index is -4.57. The van der Waals surface area contributed by atoms with Crippen LogP contribution in [0, 0.1) is 41.2 Å². The highest BCUT2D eigenvalue weighted by Crippen LogP contribution is 2.34. The van der Waals surface area contributed by atoms with Crippen LogP contribution in [-0.4, -0.2) is 53.1 Å². The summed E-state index contributed by atoms with van der Waals surface area (Å²) in [7, 11) is 0. The van der Waals surface area contributed by atoms with Crippen LogP contribution >= 0.6 is 34.8 Å². The number of amides is 5. The van der Waals surface area contributed by atoms with E-state index < -0.39 is 23.8 Å². The first-order valence-corrected chi connectivity index (χ1v) is 27.0. The Morgan fingerprint density at radius 3 is 1.26 bits per heavy atom. The summed E-state index contributed by atoms with van der Waals surface area (Å²) in [4.78, 5) is 53.3. The standard InChI is InChI=1S/C26H21ClN6O2.C18H14ClF3N4O.C18H17ClN4O/c1-16-13-17(2)33(32-16)24-12-11-22(29-25(34)18-7-9-19(27)10-8-18)15-23(24)31-26(35)30-21-6-4-5-20(14-21)28-3;1-10-8-16(18(20,21)22)26(25-10)15-7-6-13(9-14(15)23)24-17(27)11-2-4-12(19)5-3-11;1-11-9-12(2)23(22-11)17-8-7-15(10-16(17)20)21-18(24)13-3-5-14(19)6-4-13/h4-15H,1-2H3,(H,29,34)(H2,30,31,35);2-9H,23H2,1H3,(H,24,27);3-10H,20H2,1-2H3,(H,21,24). The molecule has 10 aromatic rings. The Morgan fingerprint density at radius 2 is 0.849 bits per heavy atom. The summed E-state index contributed by atoms with van der Waals surface area (Å²) in [5, 5.41) is 28.3. The molecule has 436 valence electrons.